The van der Waals surface area contributed by atoms with Crippen LogP contribution in [-0.4, -0.2) is 8.07 Å². The minimum absolute atomic E-state index is 0.206. The number of aromatic nitrogens is 1. The lowest BCUT2D eigenvalue weighted by Crippen LogP contribution is -2.38. The van der Waals surface area contributed by atoms with E-state index >= 15 is 0 Å². The van der Waals surface area contributed by atoms with Gasteiger partial charge in [-0.15, -0.1) is 0 Å². The van der Waals surface area contributed by atoms with E-state index in [-0.39, 0.29) is 5.82 Å². The number of nitrogens with zero attached hydrogens (tertiary/aromatic N) is 1. The molecule has 0 atom stereocenters. The highest BCUT2D eigenvalue weighted by Crippen LogP contribution is 2.20. The maximum Gasteiger partial charge on any atom is 0.212 e. The van der Waals surface area contributed by atoms with Gasteiger partial charge in [-0.1, -0.05) is 37.0 Å². The second-order valence-corrected chi connectivity index (χ2v) is 11.2. The van der Waals surface area contributed by atoms with Crippen LogP contribution in [0.15, 0.2) is 36.5 Å². The predicted octanol–water partition coefficient (Wildman–Crippen LogP) is 3.17. The molecule has 3 heteroatoms. The van der Waals surface area contributed by atoms with Crippen molar-refractivity contribution in [3.63, 3.8) is 0 Å². The molecule has 2 rings (SSSR count). The zero-order valence-electron chi connectivity index (χ0n) is 12.3. The lowest BCUT2D eigenvalue weighted by Gasteiger charge is -2.18. The minimum Gasteiger partial charge on any atom is -0.200 e. The molecule has 1 heterocycles. The highest BCUT2D eigenvalue weighted by molar-refractivity contribution is 6.88. The van der Waals surface area contributed by atoms with Crippen molar-refractivity contribution < 1.29 is 8.96 Å². The quantitative estimate of drug-likeness (QED) is 0.585. The van der Waals surface area contributed by atoms with Crippen molar-refractivity contribution in [2.24, 2.45) is 7.05 Å². The Morgan fingerprint density at radius 2 is 1.74 bits per heavy atom. The SMILES string of the molecule is Cc1cc([Si](C)(C)C)ccc1-c1ccc(F)c[n+]1C. The molecule has 0 aliphatic carbocycles. The summed E-state index contributed by atoms with van der Waals surface area (Å²) in [6, 6.07) is 10.0. The molecule has 1 nitrogen and oxygen atoms in total. The van der Waals surface area contributed by atoms with Crippen molar-refractivity contribution in [1.29, 1.82) is 0 Å². The van der Waals surface area contributed by atoms with Gasteiger partial charge in [0.2, 0.25) is 11.9 Å². The number of benzene rings is 1. The Labute approximate surface area is 115 Å². The normalized spacial score (nSPS) is 11.7. The molecule has 0 aliphatic heterocycles. The highest BCUT2D eigenvalue weighted by Gasteiger charge is 2.19. The van der Waals surface area contributed by atoms with Crippen LogP contribution in [0.25, 0.3) is 11.3 Å². The van der Waals surface area contributed by atoms with Crippen molar-refractivity contribution in [2.45, 2.75) is 26.6 Å². The van der Waals surface area contributed by atoms with Crippen LogP contribution in [0.1, 0.15) is 5.56 Å². The first-order valence-corrected chi connectivity index (χ1v) is 10.1. The standard InChI is InChI=1S/C16H21FNSi/c1-12-10-14(19(3,4)5)7-8-15(12)16-9-6-13(17)11-18(16)2/h6-11H,1-5H3/q+1. The Morgan fingerprint density at radius 3 is 2.26 bits per heavy atom. The van der Waals surface area contributed by atoms with Crippen LogP contribution in [0.5, 0.6) is 0 Å². The van der Waals surface area contributed by atoms with Gasteiger partial charge < -0.3 is 0 Å². The van der Waals surface area contributed by atoms with Gasteiger partial charge in [-0.25, -0.2) is 4.39 Å². The summed E-state index contributed by atoms with van der Waals surface area (Å²) in [5, 5.41) is 1.46. The van der Waals surface area contributed by atoms with Crippen LogP contribution in [0.3, 0.4) is 0 Å². The van der Waals surface area contributed by atoms with E-state index in [4.69, 9.17) is 0 Å². The fraction of sp³-hybridized carbons (Fsp3) is 0.312. The summed E-state index contributed by atoms with van der Waals surface area (Å²) in [6.07, 6.45) is 1.52. The molecule has 100 valence electrons. The van der Waals surface area contributed by atoms with Crippen LogP contribution in [0.2, 0.25) is 19.6 Å². The molecule has 0 unspecified atom stereocenters. The number of rotatable bonds is 2. The van der Waals surface area contributed by atoms with Crippen LogP contribution in [0, 0.1) is 12.7 Å². The Kier molecular flexibility index (Phi) is 3.59. The lowest BCUT2D eigenvalue weighted by molar-refractivity contribution is -0.661. The van der Waals surface area contributed by atoms with Crippen LogP contribution >= 0.6 is 0 Å². The third-order valence-electron chi connectivity index (χ3n) is 3.47. The molecule has 0 saturated heterocycles. The van der Waals surface area contributed by atoms with Gasteiger partial charge in [0.15, 0.2) is 5.82 Å². The van der Waals surface area contributed by atoms with E-state index in [9.17, 15) is 4.39 Å². The topological polar surface area (TPSA) is 3.88 Å². The van der Waals surface area contributed by atoms with Crippen molar-refractivity contribution in [1.82, 2.24) is 0 Å². The largest absolute Gasteiger partial charge is 0.212 e. The summed E-state index contributed by atoms with van der Waals surface area (Å²) in [5.74, 6) is -0.206. The zero-order valence-corrected chi connectivity index (χ0v) is 13.3. The van der Waals surface area contributed by atoms with Crippen LogP contribution in [-0.2, 0) is 7.05 Å². The van der Waals surface area contributed by atoms with Gasteiger partial charge in [0.25, 0.3) is 0 Å². The summed E-state index contributed by atoms with van der Waals surface area (Å²) in [4.78, 5) is 0. The molecular weight excluding hydrogens is 253 g/mol. The zero-order chi connectivity index (χ0) is 14.2. The van der Waals surface area contributed by atoms with Crippen molar-refractivity contribution >= 4 is 13.3 Å². The summed E-state index contributed by atoms with van der Waals surface area (Å²) in [6.45, 7) is 9.17. The first-order chi connectivity index (χ1) is 8.79. The summed E-state index contributed by atoms with van der Waals surface area (Å²) in [7, 11) is 0.601. The molecule has 0 N–H and O–H groups in total. The number of aryl methyl sites for hydroxylation is 2. The monoisotopic (exact) mass is 274 g/mol. The molecule has 19 heavy (non-hydrogen) atoms. The second-order valence-electron chi connectivity index (χ2n) is 6.12. The van der Waals surface area contributed by atoms with Crippen molar-refractivity contribution in [2.75, 3.05) is 0 Å². The Hall–Kier alpha value is -1.48. The minimum atomic E-state index is -1.28. The Balaban J connectivity index is 2.52. The van der Waals surface area contributed by atoms with Gasteiger partial charge in [-0.05, 0) is 24.6 Å². The second kappa shape index (κ2) is 4.89. The summed E-state index contributed by atoms with van der Waals surface area (Å²) in [5.41, 5.74) is 3.47. The molecule has 2 aromatic rings. The predicted molar refractivity (Wildman–Crippen MR) is 80.7 cm³/mol. The average Bonchev–Trinajstić information content (AvgIpc) is 2.28. The van der Waals surface area contributed by atoms with Crippen LogP contribution < -0.4 is 9.75 Å². The average molecular weight is 274 g/mol. The molecule has 0 saturated carbocycles. The van der Waals surface area contributed by atoms with Crippen molar-refractivity contribution in [3.8, 4) is 11.3 Å². The molecule has 0 bridgehead atoms. The van der Waals surface area contributed by atoms with E-state index in [1.807, 2.05) is 17.7 Å². The first-order valence-electron chi connectivity index (χ1n) is 6.56. The molecule has 1 aromatic heterocycles. The van der Waals surface area contributed by atoms with Gasteiger partial charge >= 0.3 is 0 Å². The molecule has 0 aliphatic rings. The lowest BCUT2D eigenvalue weighted by atomic mass is 10.0. The highest BCUT2D eigenvalue weighted by atomic mass is 28.3. The Morgan fingerprint density at radius 1 is 1.05 bits per heavy atom. The van der Waals surface area contributed by atoms with Gasteiger partial charge in [0, 0.05) is 11.6 Å². The first kappa shape index (κ1) is 13.9. The van der Waals surface area contributed by atoms with E-state index in [0.29, 0.717) is 0 Å². The number of halogens is 1. The molecule has 0 spiro atoms. The van der Waals surface area contributed by atoms with Gasteiger partial charge in [-0.3, -0.25) is 0 Å². The van der Waals surface area contributed by atoms with E-state index in [0.717, 1.165) is 5.69 Å². The maximum atomic E-state index is 13.2. The van der Waals surface area contributed by atoms with E-state index in [1.165, 1.54) is 28.6 Å². The molecule has 0 fully saturated rings. The summed E-state index contributed by atoms with van der Waals surface area (Å²) >= 11 is 0. The third kappa shape index (κ3) is 2.92. The fourth-order valence-electron chi connectivity index (χ4n) is 2.27. The molecule has 0 radical (unpaired) electrons. The van der Waals surface area contributed by atoms with Gasteiger partial charge in [0.1, 0.15) is 7.05 Å². The fourth-order valence-corrected chi connectivity index (χ4v) is 3.50. The third-order valence-corrected chi connectivity index (χ3v) is 5.51. The Bertz CT molecular complexity index is 615. The molecular formula is C16H21FNSi+. The van der Waals surface area contributed by atoms with Crippen LogP contribution in [0.4, 0.5) is 4.39 Å². The van der Waals surface area contributed by atoms with E-state index in [2.05, 4.69) is 44.8 Å². The number of hydrogen-bond donors (Lipinski definition) is 0. The van der Waals surface area contributed by atoms with E-state index < -0.39 is 8.07 Å². The van der Waals surface area contributed by atoms with Crippen molar-refractivity contribution in [3.05, 3.63) is 47.9 Å². The summed E-state index contributed by atoms with van der Waals surface area (Å²) < 4.78 is 15.0. The number of pyridine rings is 1. The van der Waals surface area contributed by atoms with Gasteiger partial charge in [-0.2, -0.15) is 4.57 Å². The number of hydrogen-bond acceptors (Lipinski definition) is 0. The van der Waals surface area contributed by atoms with Gasteiger partial charge in [0.05, 0.1) is 8.07 Å². The maximum absolute atomic E-state index is 13.2. The molecule has 0 amide bonds. The van der Waals surface area contributed by atoms with E-state index in [1.54, 1.807) is 0 Å². The smallest absolute Gasteiger partial charge is 0.200 e. The molecule has 1 aromatic carbocycles.